The minimum absolute atomic E-state index is 0.00400. The summed E-state index contributed by atoms with van der Waals surface area (Å²) in [4.78, 5) is 30.2. The molecule has 1 saturated carbocycles. The number of nitriles is 1. The molecule has 3 aliphatic rings. The molecule has 1 aliphatic carbocycles. The van der Waals surface area contributed by atoms with Crippen molar-refractivity contribution in [2.24, 2.45) is 0 Å². The van der Waals surface area contributed by atoms with E-state index in [1.54, 1.807) is 48.6 Å². The number of carbonyl (C=O) groups excluding carboxylic acids is 1. The van der Waals surface area contributed by atoms with Crippen LogP contribution in [0, 0.1) is 17.1 Å². The van der Waals surface area contributed by atoms with Gasteiger partial charge < -0.3 is 24.4 Å². The van der Waals surface area contributed by atoms with Gasteiger partial charge in [-0.05, 0) is 95.2 Å². The number of benzene rings is 1. The first kappa shape index (κ1) is 37.3. The average Bonchev–Trinajstić information content (AvgIpc) is 3.82. The molecule has 50 heavy (non-hydrogen) atoms. The maximum absolute atomic E-state index is 15.6. The number of halogens is 1. The molecule has 2 saturated heterocycles. The summed E-state index contributed by atoms with van der Waals surface area (Å²) >= 11 is 1.75. The predicted octanol–water partition coefficient (Wildman–Crippen LogP) is 6.63. The Morgan fingerprint density at radius 1 is 1.10 bits per heavy atom. The van der Waals surface area contributed by atoms with Crippen LogP contribution in [0.1, 0.15) is 59.3 Å². The molecule has 0 amide bonds. The molecule has 13 heteroatoms. The van der Waals surface area contributed by atoms with E-state index in [-0.39, 0.29) is 41.3 Å². The van der Waals surface area contributed by atoms with Crippen LogP contribution in [0.25, 0.3) is 11.1 Å². The average molecular weight is 706 g/mol. The lowest BCUT2D eigenvalue weighted by molar-refractivity contribution is -0.149. The van der Waals surface area contributed by atoms with E-state index in [2.05, 4.69) is 36.1 Å². The van der Waals surface area contributed by atoms with E-state index in [4.69, 9.17) is 14.2 Å². The molecule has 6 rings (SSSR count). The number of nitrogens with zero attached hydrogens (tertiary/aromatic N) is 6. The van der Waals surface area contributed by atoms with Gasteiger partial charge in [-0.3, -0.25) is 9.69 Å². The van der Waals surface area contributed by atoms with Gasteiger partial charge in [0.1, 0.15) is 17.5 Å². The van der Waals surface area contributed by atoms with Crippen molar-refractivity contribution >= 4 is 35.2 Å². The number of nitrogens with one attached hydrogen (secondary N) is 1. The Balaban J connectivity index is 0.00000156. The summed E-state index contributed by atoms with van der Waals surface area (Å²) in [6.07, 6.45) is 13.2. The summed E-state index contributed by atoms with van der Waals surface area (Å²) in [7, 11) is 1.43. The number of pyridine rings is 1. The van der Waals surface area contributed by atoms with Crippen molar-refractivity contribution in [2.45, 2.75) is 88.7 Å². The predicted molar refractivity (Wildman–Crippen MR) is 194 cm³/mol. The van der Waals surface area contributed by atoms with Crippen molar-refractivity contribution in [1.82, 2.24) is 19.9 Å². The quantitative estimate of drug-likeness (QED) is 0.228. The lowest BCUT2D eigenvalue weighted by atomic mass is 10.0. The highest BCUT2D eigenvalue weighted by atomic mass is 32.2. The molecule has 268 valence electrons. The van der Waals surface area contributed by atoms with Crippen LogP contribution in [0.2, 0.25) is 0 Å². The highest BCUT2D eigenvalue weighted by molar-refractivity contribution is 7.97. The first-order valence-corrected chi connectivity index (χ1v) is 18.7. The summed E-state index contributed by atoms with van der Waals surface area (Å²) < 4.78 is 32.9. The number of likely N-dealkylation sites (tertiary alicyclic amines) is 1. The Bertz CT molecular complexity index is 1640. The molecule has 4 heterocycles. The van der Waals surface area contributed by atoms with Crippen molar-refractivity contribution in [3.63, 3.8) is 0 Å². The summed E-state index contributed by atoms with van der Waals surface area (Å²) in [5.74, 6) is 0.533. The summed E-state index contributed by atoms with van der Waals surface area (Å²) in [6, 6.07) is 11.0. The van der Waals surface area contributed by atoms with Gasteiger partial charge in [0.15, 0.2) is 11.6 Å². The van der Waals surface area contributed by atoms with Crippen LogP contribution in [-0.2, 0) is 14.3 Å². The van der Waals surface area contributed by atoms with E-state index in [1.807, 2.05) is 45.4 Å². The van der Waals surface area contributed by atoms with Gasteiger partial charge in [-0.2, -0.15) is 17.0 Å². The number of anilines is 3. The molecule has 11 nitrogen and oxygen atoms in total. The standard InChI is InChI=1S/C35H42FN7O4.C2H6S/c1-34(2,3)47-27-19-25(8-14-37)43(22-27)33-39-20-24(21-40-33)23-9-15-38-30(18-23)41-28-6-5-7-29(31(28)36)46-26-10-16-42(17-11-26)35(12-13-35)32(44)45-4;1-3-2/h5-7,9,15,18,20-21,25-27H,8,10-13,16-17,19,22H2,1-4H3,(H,38,41);1-2H3. The number of rotatable bonds is 10. The van der Waals surface area contributed by atoms with E-state index in [0.717, 1.165) is 30.4 Å². The van der Waals surface area contributed by atoms with Crippen LogP contribution in [0.3, 0.4) is 0 Å². The van der Waals surface area contributed by atoms with Gasteiger partial charge in [0, 0.05) is 49.8 Å². The van der Waals surface area contributed by atoms with Crippen molar-refractivity contribution in [2.75, 3.05) is 49.5 Å². The van der Waals surface area contributed by atoms with Crippen molar-refractivity contribution < 1.29 is 23.4 Å². The number of hydrogen-bond donors (Lipinski definition) is 1. The molecule has 2 aliphatic heterocycles. The summed E-state index contributed by atoms with van der Waals surface area (Å²) in [5, 5.41) is 12.5. The zero-order chi connectivity index (χ0) is 35.9. The van der Waals surface area contributed by atoms with Crippen LogP contribution in [0.15, 0.2) is 48.9 Å². The Morgan fingerprint density at radius 2 is 1.80 bits per heavy atom. The summed E-state index contributed by atoms with van der Waals surface area (Å²) in [5.41, 5.74) is 1.09. The molecule has 0 radical (unpaired) electrons. The Kier molecular flexibility index (Phi) is 12.2. The number of piperidine rings is 1. The highest BCUT2D eigenvalue weighted by Crippen LogP contribution is 2.44. The normalized spacial score (nSPS) is 20.3. The smallest absolute Gasteiger partial charge is 0.326 e. The van der Waals surface area contributed by atoms with Crippen molar-refractivity contribution in [3.05, 3.63) is 54.7 Å². The lowest BCUT2D eigenvalue weighted by Crippen LogP contribution is -2.49. The van der Waals surface area contributed by atoms with Gasteiger partial charge in [-0.1, -0.05) is 6.07 Å². The van der Waals surface area contributed by atoms with Gasteiger partial charge in [-0.25, -0.2) is 19.3 Å². The maximum Gasteiger partial charge on any atom is 0.326 e. The molecule has 0 spiro atoms. The van der Waals surface area contributed by atoms with Crippen LogP contribution in [0.5, 0.6) is 5.75 Å². The molecule has 3 fully saturated rings. The second-order valence-corrected chi connectivity index (χ2v) is 14.8. The van der Waals surface area contributed by atoms with E-state index in [9.17, 15) is 10.1 Å². The number of hydrogen-bond acceptors (Lipinski definition) is 12. The molecule has 3 aromatic rings. The molecule has 2 atom stereocenters. The van der Waals surface area contributed by atoms with Gasteiger partial charge >= 0.3 is 5.97 Å². The second-order valence-electron chi connectivity index (χ2n) is 13.9. The van der Waals surface area contributed by atoms with Crippen LogP contribution < -0.4 is 15.0 Å². The SMILES string of the molecule is COC(=O)C1(N2CCC(Oc3cccc(Nc4cc(-c5cnc(N6CC(OC(C)(C)C)CC6CC#N)nc5)ccn4)c3F)CC2)CC1.CSC. The van der Waals surface area contributed by atoms with E-state index >= 15 is 4.39 Å². The molecule has 1 aromatic carbocycles. The fourth-order valence-electron chi connectivity index (χ4n) is 6.68. The fraction of sp³-hybridized carbons (Fsp3) is 0.541. The van der Waals surface area contributed by atoms with Gasteiger partial charge in [0.05, 0.1) is 37.0 Å². The minimum Gasteiger partial charge on any atom is -0.487 e. The van der Waals surface area contributed by atoms with Gasteiger partial charge in [0.25, 0.3) is 0 Å². The Labute approximate surface area is 298 Å². The first-order chi connectivity index (χ1) is 24.0. The molecule has 2 aromatic heterocycles. The van der Waals surface area contributed by atoms with Crippen LogP contribution in [-0.4, -0.2) is 94.5 Å². The van der Waals surface area contributed by atoms with E-state index in [0.29, 0.717) is 50.7 Å². The summed E-state index contributed by atoms with van der Waals surface area (Å²) in [6.45, 7) is 8.11. The second kappa shape index (κ2) is 16.4. The lowest BCUT2D eigenvalue weighted by Gasteiger charge is -2.36. The van der Waals surface area contributed by atoms with E-state index in [1.165, 1.54) is 7.11 Å². The first-order valence-electron chi connectivity index (χ1n) is 17.1. The third kappa shape index (κ3) is 9.02. The number of methoxy groups -OCH3 is 1. The molecular weight excluding hydrogens is 658 g/mol. The number of aromatic nitrogens is 3. The fourth-order valence-corrected chi connectivity index (χ4v) is 6.68. The van der Waals surface area contributed by atoms with Crippen LogP contribution >= 0.6 is 11.8 Å². The zero-order valence-corrected chi connectivity index (χ0v) is 30.6. The number of esters is 1. The number of carbonyl (C=O) groups is 1. The van der Waals surface area contributed by atoms with Crippen LogP contribution in [0.4, 0.5) is 21.8 Å². The Morgan fingerprint density at radius 3 is 2.42 bits per heavy atom. The monoisotopic (exact) mass is 705 g/mol. The van der Waals surface area contributed by atoms with Gasteiger partial charge in [0.2, 0.25) is 5.95 Å². The topological polar surface area (TPSA) is 126 Å². The molecule has 2 unspecified atom stereocenters. The number of ether oxygens (including phenoxy) is 3. The van der Waals surface area contributed by atoms with Gasteiger partial charge in [-0.15, -0.1) is 0 Å². The number of thioether (sulfide) groups is 1. The largest absolute Gasteiger partial charge is 0.487 e. The van der Waals surface area contributed by atoms with E-state index < -0.39 is 11.4 Å². The maximum atomic E-state index is 15.6. The molecule has 1 N–H and O–H groups in total. The highest BCUT2D eigenvalue weighted by Gasteiger charge is 2.56. The van der Waals surface area contributed by atoms with Crippen molar-refractivity contribution in [3.8, 4) is 22.9 Å². The zero-order valence-electron chi connectivity index (χ0n) is 29.8. The molecule has 0 bridgehead atoms. The van der Waals surface area contributed by atoms with Crippen molar-refractivity contribution in [1.29, 1.82) is 5.26 Å². The third-order valence-electron chi connectivity index (χ3n) is 9.07. The minimum atomic E-state index is -0.491. The Hall–Kier alpha value is -3.99. The third-order valence-corrected chi connectivity index (χ3v) is 9.07. The molecular formula is C37H48FN7O4S.